The molecule has 0 fully saturated rings. The molecule has 2 aromatic rings. The molecule has 0 aliphatic heterocycles. The lowest BCUT2D eigenvalue weighted by Crippen LogP contribution is -2.24. The molecule has 5 nitrogen and oxygen atoms in total. The molecule has 0 aliphatic carbocycles. The van der Waals surface area contributed by atoms with Gasteiger partial charge in [0, 0.05) is 23.6 Å². The van der Waals surface area contributed by atoms with E-state index in [1.165, 1.54) is 0 Å². The van der Waals surface area contributed by atoms with E-state index in [0.29, 0.717) is 33.9 Å². The highest BCUT2D eigenvalue weighted by Crippen LogP contribution is 2.28. The van der Waals surface area contributed by atoms with Crippen molar-refractivity contribution in [1.29, 1.82) is 0 Å². The van der Waals surface area contributed by atoms with Crippen LogP contribution in [0.5, 0.6) is 5.75 Å². The van der Waals surface area contributed by atoms with Gasteiger partial charge in [-0.3, -0.25) is 0 Å². The van der Waals surface area contributed by atoms with Crippen molar-refractivity contribution in [2.24, 2.45) is 0 Å². The summed E-state index contributed by atoms with van der Waals surface area (Å²) in [4.78, 5) is 4.25. The van der Waals surface area contributed by atoms with Crippen LogP contribution in [0.15, 0.2) is 22.7 Å². The Kier molecular flexibility index (Phi) is 7.25. The highest BCUT2D eigenvalue weighted by atomic mass is 35.5. The average Bonchev–Trinajstić information content (AvgIpc) is 2.87. The third-order valence-electron chi connectivity index (χ3n) is 2.74. The van der Waals surface area contributed by atoms with Crippen LogP contribution in [0.1, 0.15) is 18.6 Å². The van der Waals surface area contributed by atoms with E-state index in [2.05, 4.69) is 15.5 Å². The average molecular weight is 353 g/mol. The Bertz CT molecular complexity index is 578. The van der Waals surface area contributed by atoms with Crippen LogP contribution < -0.4 is 10.1 Å². The molecule has 0 radical (unpaired) electrons. The predicted molar refractivity (Wildman–Crippen MR) is 84.6 cm³/mol. The summed E-state index contributed by atoms with van der Waals surface area (Å²) < 4.78 is 10.6. The fourth-order valence-electron chi connectivity index (χ4n) is 1.53. The van der Waals surface area contributed by atoms with Gasteiger partial charge in [-0.05, 0) is 26.1 Å². The number of ether oxygens (including phenoxy) is 1. The van der Waals surface area contributed by atoms with Gasteiger partial charge in [-0.25, -0.2) is 0 Å². The van der Waals surface area contributed by atoms with E-state index in [0.717, 1.165) is 0 Å². The summed E-state index contributed by atoms with van der Waals surface area (Å²) in [6.45, 7) is 2.19. The third kappa shape index (κ3) is 5.36. The molecule has 0 saturated heterocycles. The third-order valence-corrected chi connectivity index (χ3v) is 3.28. The molecule has 1 aromatic carbocycles. The van der Waals surface area contributed by atoms with Crippen LogP contribution >= 0.6 is 35.6 Å². The van der Waals surface area contributed by atoms with E-state index in [4.69, 9.17) is 32.5 Å². The molecule has 0 spiro atoms. The van der Waals surface area contributed by atoms with E-state index in [1.807, 2.05) is 14.0 Å². The molecule has 1 atom stereocenters. The van der Waals surface area contributed by atoms with Crippen molar-refractivity contribution in [3.8, 4) is 5.75 Å². The maximum Gasteiger partial charge on any atom is 0.264 e. The number of hydrogen-bond acceptors (Lipinski definition) is 5. The van der Waals surface area contributed by atoms with Crippen molar-refractivity contribution in [3.63, 3.8) is 0 Å². The maximum atomic E-state index is 6.00. The zero-order chi connectivity index (χ0) is 14.5. The molecule has 1 N–H and O–H groups in total. The van der Waals surface area contributed by atoms with Gasteiger partial charge in [0.05, 0.1) is 5.02 Å². The summed E-state index contributed by atoms with van der Waals surface area (Å²) in [5.41, 5.74) is 0. The van der Waals surface area contributed by atoms with E-state index in [1.54, 1.807) is 18.2 Å². The fourth-order valence-corrected chi connectivity index (χ4v) is 1.87. The Morgan fingerprint density at radius 1 is 1.38 bits per heavy atom. The Balaban J connectivity index is 0.00000220. The lowest BCUT2D eigenvalue weighted by Gasteiger charge is -2.06. The van der Waals surface area contributed by atoms with Crippen LogP contribution in [0, 0.1) is 0 Å². The number of likely N-dealkylation sites (N-methyl/N-ethyl adjacent to an activating group) is 1. The summed E-state index contributed by atoms with van der Waals surface area (Å²) in [7, 11) is 1.88. The van der Waals surface area contributed by atoms with Gasteiger partial charge in [-0.1, -0.05) is 28.4 Å². The highest BCUT2D eigenvalue weighted by Gasteiger charge is 2.11. The largest absolute Gasteiger partial charge is 0.482 e. The van der Waals surface area contributed by atoms with Gasteiger partial charge >= 0.3 is 0 Å². The number of halogens is 3. The van der Waals surface area contributed by atoms with Crippen molar-refractivity contribution >= 4 is 35.6 Å². The second-order valence-corrected chi connectivity index (χ2v) is 5.21. The van der Waals surface area contributed by atoms with Gasteiger partial charge in [0.1, 0.15) is 5.75 Å². The number of aromatic nitrogens is 2. The van der Waals surface area contributed by atoms with Gasteiger partial charge in [0.25, 0.3) is 5.89 Å². The van der Waals surface area contributed by atoms with Gasteiger partial charge in [-0.15, -0.1) is 12.4 Å². The van der Waals surface area contributed by atoms with Gasteiger partial charge in [0.15, 0.2) is 12.4 Å². The highest BCUT2D eigenvalue weighted by molar-refractivity contribution is 6.34. The van der Waals surface area contributed by atoms with Crippen molar-refractivity contribution in [1.82, 2.24) is 15.5 Å². The maximum absolute atomic E-state index is 6.00. The van der Waals surface area contributed by atoms with Crippen LogP contribution in [-0.2, 0) is 13.0 Å². The normalized spacial score (nSPS) is 11.8. The van der Waals surface area contributed by atoms with Crippen molar-refractivity contribution in [3.05, 3.63) is 40.0 Å². The van der Waals surface area contributed by atoms with Gasteiger partial charge in [0.2, 0.25) is 0 Å². The molecule has 1 unspecified atom stereocenters. The predicted octanol–water partition coefficient (Wildman–Crippen LogP) is 3.53. The Morgan fingerprint density at radius 3 is 2.86 bits per heavy atom. The van der Waals surface area contributed by atoms with Crippen LogP contribution in [0.2, 0.25) is 10.0 Å². The quantitative estimate of drug-likeness (QED) is 0.862. The molecule has 0 aliphatic rings. The summed E-state index contributed by atoms with van der Waals surface area (Å²) in [5, 5.41) is 8.04. The molecule has 2 rings (SSSR count). The molecular formula is C13H16Cl3N3O2. The number of hydrogen-bond donors (Lipinski definition) is 1. The molecule has 1 heterocycles. The second kappa shape index (κ2) is 8.44. The summed E-state index contributed by atoms with van der Waals surface area (Å²) >= 11 is 11.9. The topological polar surface area (TPSA) is 60.2 Å². The SMILES string of the molecule is CNC(C)Cc1noc(COc2cc(Cl)ccc2Cl)n1.Cl. The standard InChI is InChI=1S/C13H15Cl2N3O2.ClH/c1-8(16-2)5-12-17-13(20-18-12)7-19-11-6-9(14)3-4-10(11)15;/h3-4,6,8,16H,5,7H2,1-2H3;1H. The van der Waals surface area contributed by atoms with Crippen LogP contribution in [-0.4, -0.2) is 23.2 Å². The second-order valence-electron chi connectivity index (χ2n) is 4.36. The summed E-state index contributed by atoms with van der Waals surface area (Å²) in [6, 6.07) is 5.29. The van der Waals surface area contributed by atoms with Crippen LogP contribution in [0.25, 0.3) is 0 Å². The zero-order valence-corrected chi connectivity index (χ0v) is 13.9. The minimum Gasteiger partial charge on any atom is -0.482 e. The Morgan fingerprint density at radius 2 is 2.14 bits per heavy atom. The first-order valence-corrected chi connectivity index (χ1v) is 6.90. The van der Waals surface area contributed by atoms with Crippen molar-refractivity contribution in [2.75, 3.05) is 7.05 Å². The molecule has 21 heavy (non-hydrogen) atoms. The Labute approximate surface area is 139 Å². The lowest BCUT2D eigenvalue weighted by atomic mass is 10.2. The summed E-state index contributed by atoms with van der Waals surface area (Å²) in [6.07, 6.45) is 0.692. The monoisotopic (exact) mass is 351 g/mol. The molecule has 116 valence electrons. The number of nitrogens with zero attached hydrogens (tertiary/aromatic N) is 2. The van der Waals surface area contributed by atoms with Gasteiger partial charge < -0.3 is 14.6 Å². The van der Waals surface area contributed by atoms with Crippen LogP contribution in [0.4, 0.5) is 0 Å². The first-order valence-electron chi connectivity index (χ1n) is 6.15. The molecular weight excluding hydrogens is 337 g/mol. The number of benzene rings is 1. The summed E-state index contributed by atoms with van der Waals surface area (Å²) in [5.74, 6) is 1.53. The van der Waals surface area contributed by atoms with Gasteiger partial charge in [-0.2, -0.15) is 4.98 Å². The zero-order valence-electron chi connectivity index (χ0n) is 11.6. The minimum atomic E-state index is 0. The minimum absolute atomic E-state index is 0. The van der Waals surface area contributed by atoms with E-state index >= 15 is 0 Å². The lowest BCUT2D eigenvalue weighted by molar-refractivity contribution is 0.242. The van der Waals surface area contributed by atoms with E-state index in [-0.39, 0.29) is 25.1 Å². The smallest absolute Gasteiger partial charge is 0.264 e. The van der Waals surface area contributed by atoms with Crippen LogP contribution in [0.3, 0.4) is 0 Å². The van der Waals surface area contributed by atoms with Crippen molar-refractivity contribution < 1.29 is 9.26 Å². The molecule has 1 aromatic heterocycles. The number of nitrogens with one attached hydrogen (secondary N) is 1. The first-order chi connectivity index (χ1) is 9.58. The molecule has 0 amide bonds. The molecule has 8 heteroatoms. The molecule has 0 bridgehead atoms. The van der Waals surface area contributed by atoms with E-state index in [9.17, 15) is 0 Å². The fraction of sp³-hybridized carbons (Fsp3) is 0.385. The van der Waals surface area contributed by atoms with Crippen molar-refractivity contribution in [2.45, 2.75) is 26.0 Å². The van der Waals surface area contributed by atoms with E-state index < -0.39 is 0 Å². The molecule has 0 saturated carbocycles. The Hall–Kier alpha value is -1.01. The first kappa shape index (κ1) is 18.0. The number of rotatable bonds is 6.